The van der Waals surface area contributed by atoms with Crippen molar-refractivity contribution in [3.8, 4) is 5.75 Å². The Morgan fingerprint density at radius 3 is 2.68 bits per heavy atom. The van der Waals surface area contributed by atoms with E-state index in [1.165, 1.54) is 22.2 Å². The molecule has 0 unspecified atom stereocenters. The third kappa shape index (κ3) is 3.56. The summed E-state index contributed by atoms with van der Waals surface area (Å²) in [6.45, 7) is 6.29. The number of amides is 1. The van der Waals surface area contributed by atoms with E-state index in [9.17, 15) is 9.59 Å². The number of aromatic nitrogens is 2. The number of ether oxygens (including phenoxy) is 1. The van der Waals surface area contributed by atoms with Crippen molar-refractivity contribution in [1.29, 1.82) is 0 Å². The van der Waals surface area contributed by atoms with Crippen LogP contribution in [0.5, 0.6) is 5.75 Å². The first-order valence-corrected chi connectivity index (χ1v) is 8.79. The molecule has 0 saturated carbocycles. The van der Waals surface area contributed by atoms with Crippen molar-refractivity contribution in [1.82, 2.24) is 9.55 Å². The number of benzene rings is 1. The van der Waals surface area contributed by atoms with Gasteiger partial charge in [0.05, 0.1) is 18.3 Å². The number of hydrogen-bond donors (Lipinski definition) is 1. The molecule has 1 N–H and O–H groups in total. The average molecular weight is 357 g/mol. The normalized spacial score (nSPS) is 10.8. The Kier molecular flexibility index (Phi) is 4.85. The van der Waals surface area contributed by atoms with Crippen LogP contribution in [0, 0.1) is 13.8 Å². The second-order valence-corrected chi connectivity index (χ2v) is 6.85. The summed E-state index contributed by atoms with van der Waals surface area (Å²) in [6.07, 6.45) is 1.43. The molecule has 0 saturated heterocycles. The summed E-state index contributed by atoms with van der Waals surface area (Å²) >= 11 is 1.49. The second kappa shape index (κ2) is 7.06. The summed E-state index contributed by atoms with van der Waals surface area (Å²) in [4.78, 5) is 30.9. The van der Waals surface area contributed by atoms with Gasteiger partial charge in [-0.3, -0.25) is 14.2 Å². The SMILES string of the molecule is CCOc1ccc(NC(=O)Cn2cnc3sc(C)c(C)c3c2=O)cc1. The molecule has 7 heteroatoms. The Labute approximate surface area is 149 Å². The molecule has 2 heterocycles. The number of thiophene rings is 1. The predicted molar refractivity (Wildman–Crippen MR) is 99.6 cm³/mol. The van der Waals surface area contributed by atoms with E-state index in [1.54, 1.807) is 24.3 Å². The van der Waals surface area contributed by atoms with Crippen LogP contribution in [0.15, 0.2) is 35.4 Å². The molecule has 1 aromatic carbocycles. The summed E-state index contributed by atoms with van der Waals surface area (Å²) in [6, 6.07) is 7.10. The molecule has 0 aliphatic carbocycles. The molecule has 0 bridgehead atoms. The number of aryl methyl sites for hydroxylation is 2. The predicted octanol–water partition coefficient (Wildman–Crippen LogP) is 3.11. The largest absolute Gasteiger partial charge is 0.494 e. The van der Waals surface area contributed by atoms with Gasteiger partial charge in [-0.15, -0.1) is 11.3 Å². The van der Waals surface area contributed by atoms with Crippen LogP contribution in [0.4, 0.5) is 5.69 Å². The van der Waals surface area contributed by atoms with Crippen LogP contribution in [0.1, 0.15) is 17.4 Å². The molecule has 0 atom stereocenters. The van der Waals surface area contributed by atoms with Gasteiger partial charge < -0.3 is 10.1 Å². The summed E-state index contributed by atoms with van der Waals surface area (Å²) in [5.41, 5.74) is 1.39. The topological polar surface area (TPSA) is 73.2 Å². The van der Waals surface area contributed by atoms with Crippen LogP contribution in [0.3, 0.4) is 0 Å². The Balaban J connectivity index is 1.76. The smallest absolute Gasteiger partial charge is 0.262 e. The maximum Gasteiger partial charge on any atom is 0.262 e. The van der Waals surface area contributed by atoms with Crippen molar-refractivity contribution in [2.75, 3.05) is 11.9 Å². The van der Waals surface area contributed by atoms with Gasteiger partial charge in [-0.2, -0.15) is 0 Å². The lowest BCUT2D eigenvalue weighted by Crippen LogP contribution is -2.27. The highest BCUT2D eigenvalue weighted by atomic mass is 32.1. The van der Waals surface area contributed by atoms with E-state index in [0.29, 0.717) is 22.5 Å². The zero-order chi connectivity index (χ0) is 18.0. The molecule has 3 aromatic rings. The first-order chi connectivity index (χ1) is 12.0. The molecule has 0 aliphatic rings. The molecule has 0 aliphatic heterocycles. The van der Waals surface area contributed by atoms with Crippen LogP contribution in [-0.2, 0) is 11.3 Å². The maximum atomic E-state index is 12.6. The molecule has 2 aromatic heterocycles. The van der Waals surface area contributed by atoms with E-state index in [1.807, 2.05) is 20.8 Å². The van der Waals surface area contributed by atoms with Crippen LogP contribution in [-0.4, -0.2) is 22.1 Å². The number of fused-ring (bicyclic) bond motifs is 1. The van der Waals surface area contributed by atoms with E-state index in [2.05, 4.69) is 10.3 Å². The van der Waals surface area contributed by atoms with E-state index < -0.39 is 0 Å². The first kappa shape index (κ1) is 17.2. The molecular weight excluding hydrogens is 338 g/mol. The van der Waals surface area contributed by atoms with Crippen LogP contribution in [0.2, 0.25) is 0 Å². The Morgan fingerprint density at radius 1 is 1.28 bits per heavy atom. The minimum atomic E-state index is -0.281. The number of nitrogens with one attached hydrogen (secondary N) is 1. The molecule has 6 nitrogen and oxygen atoms in total. The number of hydrogen-bond acceptors (Lipinski definition) is 5. The fraction of sp³-hybridized carbons (Fsp3) is 0.278. The average Bonchev–Trinajstić information content (AvgIpc) is 2.87. The van der Waals surface area contributed by atoms with Crippen LogP contribution < -0.4 is 15.6 Å². The molecule has 0 fully saturated rings. The number of carbonyl (C=O) groups is 1. The fourth-order valence-electron chi connectivity index (χ4n) is 2.54. The van der Waals surface area contributed by atoms with Gasteiger partial charge in [0.25, 0.3) is 5.56 Å². The second-order valence-electron chi connectivity index (χ2n) is 5.65. The zero-order valence-corrected chi connectivity index (χ0v) is 15.1. The van der Waals surface area contributed by atoms with Gasteiger partial charge in [-0.25, -0.2) is 4.98 Å². The molecule has 0 radical (unpaired) electrons. The summed E-state index contributed by atoms with van der Waals surface area (Å²) in [5.74, 6) is 0.465. The Morgan fingerprint density at radius 2 is 2.00 bits per heavy atom. The van der Waals surface area contributed by atoms with Gasteiger partial charge >= 0.3 is 0 Å². The van der Waals surface area contributed by atoms with Crippen molar-refractivity contribution >= 4 is 33.1 Å². The Hall–Kier alpha value is -2.67. The van der Waals surface area contributed by atoms with Crippen molar-refractivity contribution in [3.05, 3.63) is 51.4 Å². The third-order valence-corrected chi connectivity index (χ3v) is 5.03. The Bertz CT molecular complexity index is 974. The van der Waals surface area contributed by atoms with Gasteiger partial charge in [0.1, 0.15) is 17.1 Å². The summed E-state index contributed by atoms with van der Waals surface area (Å²) in [7, 11) is 0. The van der Waals surface area contributed by atoms with Crippen molar-refractivity contribution in [2.45, 2.75) is 27.3 Å². The lowest BCUT2D eigenvalue weighted by Gasteiger charge is -2.08. The molecule has 25 heavy (non-hydrogen) atoms. The quantitative estimate of drug-likeness (QED) is 0.761. The van der Waals surface area contributed by atoms with E-state index >= 15 is 0 Å². The van der Waals surface area contributed by atoms with Crippen molar-refractivity contribution in [2.24, 2.45) is 0 Å². The minimum absolute atomic E-state index is 0.0800. The van der Waals surface area contributed by atoms with Gasteiger partial charge in [0, 0.05) is 10.6 Å². The number of nitrogens with zero attached hydrogens (tertiary/aromatic N) is 2. The molecule has 130 valence electrons. The molecule has 0 spiro atoms. The van der Waals surface area contributed by atoms with Crippen molar-refractivity contribution in [3.63, 3.8) is 0 Å². The number of anilines is 1. The third-order valence-electron chi connectivity index (χ3n) is 3.92. The van der Waals surface area contributed by atoms with Gasteiger partial charge in [0.2, 0.25) is 5.91 Å². The first-order valence-electron chi connectivity index (χ1n) is 7.97. The van der Waals surface area contributed by atoms with Crippen LogP contribution in [0.25, 0.3) is 10.2 Å². The minimum Gasteiger partial charge on any atom is -0.494 e. The lowest BCUT2D eigenvalue weighted by atomic mass is 10.2. The number of rotatable bonds is 5. The highest BCUT2D eigenvalue weighted by Gasteiger charge is 2.13. The zero-order valence-electron chi connectivity index (χ0n) is 14.3. The van der Waals surface area contributed by atoms with Crippen LogP contribution >= 0.6 is 11.3 Å². The van der Waals surface area contributed by atoms with Gasteiger partial charge in [0.15, 0.2) is 0 Å². The highest BCUT2D eigenvalue weighted by molar-refractivity contribution is 7.18. The lowest BCUT2D eigenvalue weighted by molar-refractivity contribution is -0.116. The maximum absolute atomic E-state index is 12.6. The highest BCUT2D eigenvalue weighted by Crippen LogP contribution is 2.25. The van der Waals surface area contributed by atoms with Gasteiger partial charge in [-0.1, -0.05) is 0 Å². The van der Waals surface area contributed by atoms with Gasteiger partial charge in [-0.05, 0) is 50.6 Å². The summed E-state index contributed by atoms with van der Waals surface area (Å²) in [5, 5.41) is 3.37. The van der Waals surface area contributed by atoms with E-state index in [4.69, 9.17) is 4.74 Å². The molecule has 3 rings (SSSR count). The monoisotopic (exact) mass is 357 g/mol. The fourth-order valence-corrected chi connectivity index (χ4v) is 3.53. The van der Waals surface area contributed by atoms with E-state index in [0.717, 1.165) is 16.2 Å². The number of carbonyl (C=O) groups excluding carboxylic acids is 1. The van der Waals surface area contributed by atoms with E-state index in [-0.39, 0.29) is 18.0 Å². The van der Waals surface area contributed by atoms with Crippen molar-refractivity contribution < 1.29 is 9.53 Å². The summed E-state index contributed by atoms with van der Waals surface area (Å²) < 4.78 is 6.70. The molecule has 1 amide bonds. The standard InChI is InChI=1S/C18H19N3O3S/c1-4-24-14-7-5-13(6-8-14)20-15(22)9-21-10-19-17-16(18(21)23)11(2)12(3)25-17/h5-8,10H,4,9H2,1-3H3,(H,20,22). The molecular formula is C18H19N3O3S.